The van der Waals surface area contributed by atoms with Gasteiger partial charge in [0.15, 0.2) is 0 Å². The van der Waals surface area contributed by atoms with Gasteiger partial charge in [-0.25, -0.2) is 9.78 Å². The number of pyridine rings is 1. The quantitative estimate of drug-likeness (QED) is 0.543. The number of methoxy groups -OCH3 is 2. The fraction of sp³-hybridized carbons (Fsp3) is 0.364. The van der Waals surface area contributed by atoms with Crippen LogP contribution in [0.3, 0.4) is 0 Å². The smallest absolute Gasteiger partial charge is 0.332 e. The third-order valence-electron chi connectivity index (χ3n) is 5.10. The summed E-state index contributed by atoms with van der Waals surface area (Å²) in [4.78, 5) is 43.0. The first-order chi connectivity index (χ1) is 15.2. The number of anilines is 1. The number of aromatic nitrogens is 3. The molecule has 0 saturated carbocycles. The number of nitrogens with zero attached hydrogens (tertiary/aromatic N) is 3. The summed E-state index contributed by atoms with van der Waals surface area (Å²) in [5.74, 6) is 0.949. The highest BCUT2D eigenvalue weighted by atomic mass is 32.2. The van der Waals surface area contributed by atoms with Crippen LogP contribution in [0.25, 0.3) is 11.0 Å². The summed E-state index contributed by atoms with van der Waals surface area (Å²) in [5, 5.41) is 3.17. The lowest BCUT2D eigenvalue weighted by molar-refractivity contribution is -0.113. The Balaban J connectivity index is 1.97. The van der Waals surface area contributed by atoms with Crippen LogP contribution < -0.4 is 26.0 Å². The number of hydrogen-bond acceptors (Lipinski definition) is 7. The van der Waals surface area contributed by atoms with E-state index in [9.17, 15) is 14.4 Å². The van der Waals surface area contributed by atoms with Gasteiger partial charge in [-0.2, -0.15) is 0 Å². The number of nitrogens with one attached hydrogen (secondary N) is 1. The Morgan fingerprint density at radius 1 is 1.16 bits per heavy atom. The van der Waals surface area contributed by atoms with Crippen LogP contribution in [0.2, 0.25) is 0 Å². The molecule has 2 aromatic heterocycles. The topological polar surface area (TPSA) is 104 Å². The predicted molar refractivity (Wildman–Crippen MR) is 125 cm³/mol. The second kappa shape index (κ2) is 9.47. The number of benzene rings is 1. The van der Waals surface area contributed by atoms with Crippen LogP contribution in [0.15, 0.2) is 38.9 Å². The van der Waals surface area contributed by atoms with E-state index in [0.29, 0.717) is 33.1 Å². The minimum absolute atomic E-state index is 0.0556. The summed E-state index contributed by atoms with van der Waals surface area (Å²) in [7, 11) is 6.07. The second-order valence-corrected chi connectivity index (χ2v) is 8.49. The third-order valence-corrected chi connectivity index (χ3v) is 6.24. The molecule has 32 heavy (non-hydrogen) atoms. The fourth-order valence-corrected chi connectivity index (χ4v) is 4.44. The summed E-state index contributed by atoms with van der Waals surface area (Å²) < 4.78 is 12.9. The van der Waals surface area contributed by atoms with Crippen LogP contribution in [-0.2, 0) is 18.9 Å². The summed E-state index contributed by atoms with van der Waals surface area (Å²) in [6.45, 7) is 3.98. The number of aryl methyl sites for hydroxylation is 1. The van der Waals surface area contributed by atoms with Gasteiger partial charge in [-0.15, -0.1) is 11.8 Å². The van der Waals surface area contributed by atoms with E-state index in [0.717, 1.165) is 10.1 Å². The van der Waals surface area contributed by atoms with E-state index in [1.807, 2.05) is 13.8 Å². The maximum absolute atomic E-state index is 12.9. The van der Waals surface area contributed by atoms with Gasteiger partial charge in [0.25, 0.3) is 5.56 Å². The van der Waals surface area contributed by atoms with Gasteiger partial charge >= 0.3 is 5.69 Å². The first-order valence-electron chi connectivity index (χ1n) is 9.92. The minimum Gasteiger partial charge on any atom is -0.497 e. The average molecular weight is 459 g/mol. The van der Waals surface area contributed by atoms with Gasteiger partial charge in [-0.3, -0.25) is 18.7 Å². The van der Waals surface area contributed by atoms with Crippen molar-refractivity contribution in [1.82, 2.24) is 14.1 Å². The Kier molecular flexibility index (Phi) is 6.93. The summed E-state index contributed by atoms with van der Waals surface area (Å²) in [6, 6.07) is 5.11. The van der Waals surface area contributed by atoms with Gasteiger partial charge in [0.05, 0.1) is 31.0 Å². The first-order valence-corrected chi connectivity index (χ1v) is 10.9. The number of fused-ring (bicyclic) bond motifs is 1. The van der Waals surface area contributed by atoms with Crippen molar-refractivity contribution in [2.24, 2.45) is 14.1 Å². The molecule has 3 aromatic rings. The molecule has 0 fully saturated rings. The summed E-state index contributed by atoms with van der Waals surface area (Å²) in [5.41, 5.74) is 0.765. The number of hydrogen-bond donors (Lipinski definition) is 1. The van der Waals surface area contributed by atoms with Crippen LogP contribution in [-0.4, -0.2) is 40.0 Å². The molecule has 0 aliphatic heterocycles. The molecule has 170 valence electrons. The maximum Gasteiger partial charge on any atom is 0.332 e. The lowest BCUT2D eigenvalue weighted by atomic mass is 10.0. The number of ether oxygens (including phenoxy) is 2. The lowest BCUT2D eigenvalue weighted by Crippen LogP contribution is -2.37. The van der Waals surface area contributed by atoms with Gasteiger partial charge in [0, 0.05) is 31.3 Å². The highest BCUT2D eigenvalue weighted by Crippen LogP contribution is 2.33. The number of thioether (sulfide) groups is 1. The average Bonchev–Trinajstić information content (AvgIpc) is 2.79. The number of amides is 1. The van der Waals surface area contributed by atoms with E-state index in [2.05, 4.69) is 10.3 Å². The second-order valence-electron chi connectivity index (χ2n) is 7.50. The van der Waals surface area contributed by atoms with E-state index in [1.165, 1.54) is 30.5 Å². The lowest BCUT2D eigenvalue weighted by Gasteiger charge is -2.16. The van der Waals surface area contributed by atoms with Gasteiger partial charge in [0.2, 0.25) is 5.91 Å². The van der Waals surface area contributed by atoms with Crippen molar-refractivity contribution in [3.05, 3.63) is 50.8 Å². The predicted octanol–water partition coefficient (Wildman–Crippen LogP) is 2.50. The minimum atomic E-state index is -0.451. The monoisotopic (exact) mass is 458 g/mol. The molecule has 9 nitrogen and oxygen atoms in total. The van der Waals surface area contributed by atoms with Crippen LogP contribution in [0.4, 0.5) is 5.69 Å². The molecule has 0 saturated heterocycles. The van der Waals surface area contributed by atoms with Gasteiger partial charge in [-0.1, -0.05) is 13.8 Å². The van der Waals surface area contributed by atoms with Crippen molar-refractivity contribution in [3.63, 3.8) is 0 Å². The number of carbonyl (C=O) groups excluding carboxylic acids is 1. The molecular weight excluding hydrogens is 432 g/mol. The van der Waals surface area contributed by atoms with Gasteiger partial charge < -0.3 is 14.8 Å². The van der Waals surface area contributed by atoms with E-state index in [-0.39, 0.29) is 17.6 Å². The Bertz CT molecular complexity index is 1300. The Morgan fingerprint density at radius 2 is 1.88 bits per heavy atom. The zero-order valence-electron chi connectivity index (χ0n) is 18.9. The highest BCUT2D eigenvalue weighted by Gasteiger charge is 2.20. The third kappa shape index (κ3) is 4.36. The van der Waals surface area contributed by atoms with Crippen molar-refractivity contribution in [2.75, 3.05) is 25.3 Å². The van der Waals surface area contributed by atoms with Crippen molar-refractivity contribution < 1.29 is 14.3 Å². The zero-order chi connectivity index (χ0) is 23.6. The molecule has 0 unspecified atom stereocenters. The molecule has 1 aromatic carbocycles. The molecule has 0 spiro atoms. The molecule has 1 N–H and O–H groups in total. The first kappa shape index (κ1) is 23.4. The van der Waals surface area contributed by atoms with E-state index in [4.69, 9.17) is 9.47 Å². The standard InChI is InChI=1S/C22H26N4O5S/c1-12(2)14-10-23-20-18(21(28)26(4)22(29)25(20)3)19(14)32-11-17(27)24-15-8-7-13(30-5)9-16(15)31-6/h7-10,12H,11H2,1-6H3,(H,24,27). The Hall–Kier alpha value is -3.27. The molecule has 10 heteroatoms. The molecule has 0 atom stereocenters. The van der Waals surface area contributed by atoms with Gasteiger partial charge in [0.1, 0.15) is 17.1 Å². The van der Waals surface area contributed by atoms with Crippen LogP contribution in [0.1, 0.15) is 25.3 Å². The highest BCUT2D eigenvalue weighted by molar-refractivity contribution is 8.00. The van der Waals surface area contributed by atoms with E-state index < -0.39 is 11.2 Å². The van der Waals surface area contributed by atoms with Crippen molar-refractivity contribution in [3.8, 4) is 11.5 Å². The van der Waals surface area contributed by atoms with Gasteiger partial charge in [-0.05, 0) is 23.6 Å². The summed E-state index contributed by atoms with van der Waals surface area (Å²) in [6.07, 6.45) is 1.67. The van der Waals surface area contributed by atoms with Crippen LogP contribution in [0, 0.1) is 0 Å². The van der Waals surface area contributed by atoms with Crippen LogP contribution in [0.5, 0.6) is 11.5 Å². The zero-order valence-corrected chi connectivity index (χ0v) is 19.7. The molecule has 0 bridgehead atoms. The van der Waals surface area contributed by atoms with E-state index >= 15 is 0 Å². The molecule has 0 aliphatic carbocycles. The Labute approximate surface area is 189 Å². The molecule has 1 amide bonds. The molecule has 3 rings (SSSR count). The normalized spacial score (nSPS) is 11.1. The molecule has 0 aliphatic rings. The SMILES string of the molecule is COc1ccc(NC(=O)CSc2c(C(C)C)cnc3c2c(=O)n(C)c(=O)n3C)c(OC)c1. The van der Waals surface area contributed by atoms with Crippen molar-refractivity contribution in [1.29, 1.82) is 0 Å². The maximum atomic E-state index is 12.9. The number of carbonyl (C=O) groups is 1. The van der Waals surface area contributed by atoms with Crippen molar-refractivity contribution >= 4 is 34.4 Å². The largest absolute Gasteiger partial charge is 0.497 e. The summed E-state index contributed by atoms with van der Waals surface area (Å²) >= 11 is 1.24. The number of rotatable bonds is 7. The molecule has 0 radical (unpaired) electrons. The van der Waals surface area contributed by atoms with E-state index in [1.54, 1.807) is 38.6 Å². The van der Waals surface area contributed by atoms with Crippen molar-refractivity contribution in [2.45, 2.75) is 24.7 Å². The molecular formula is C22H26N4O5S. The molecule has 2 heterocycles. The fourth-order valence-electron chi connectivity index (χ4n) is 3.31. The Morgan fingerprint density at radius 3 is 2.50 bits per heavy atom. The van der Waals surface area contributed by atoms with Crippen LogP contribution >= 0.6 is 11.8 Å².